The molecule has 0 amide bonds. The molecule has 0 aromatic heterocycles. The Morgan fingerprint density at radius 3 is 2.53 bits per heavy atom. The van der Waals surface area contributed by atoms with E-state index in [1.807, 2.05) is 0 Å². The van der Waals surface area contributed by atoms with Crippen molar-refractivity contribution in [2.45, 2.75) is 25.3 Å². The number of hydroxylamine groups is 1. The van der Waals surface area contributed by atoms with Crippen LogP contribution in [-0.2, 0) is 14.3 Å². The van der Waals surface area contributed by atoms with Crippen LogP contribution in [0.1, 0.15) is 19.3 Å². The Balaban J connectivity index is 3.82. The summed E-state index contributed by atoms with van der Waals surface area (Å²) in [6.07, 6.45) is 1.73. The van der Waals surface area contributed by atoms with Crippen LogP contribution in [-0.4, -0.2) is 41.4 Å². The molecule has 0 bridgehead atoms. The number of carbonyl (C=O) groups is 2. The van der Waals surface area contributed by atoms with Gasteiger partial charge in [0.1, 0.15) is 6.04 Å². The monoisotopic (exact) mass is 220 g/mol. The van der Waals surface area contributed by atoms with Gasteiger partial charge in [-0.3, -0.25) is 4.79 Å². The fourth-order valence-corrected chi connectivity index (χ4v) is 0.961. The number of carbonyl (C=O) groups excluding carboxylic acids is 1. The standard InChI is InChI=1S/C8H16N2O5/c9-4-2-1-3-6(10-14)8(13)15-5-7(11)12/h6,10,14H,1-5,9H2,(H,11,12)/t6-/m0/s1. The average molecular weight is 220 g/mol. The number of aliphatic carboxylic acids is 1. The summed E-state index contributed by atoms with van der Waals surface area (Å²) >= 11 is 0. The van der Waals surface area contributed by atoms with Crippen LogP contribution in [0.25, 0.3) is 0 Å². The zero-order chi connectivity index (χ0) is 11.7. The molecule has 88 valence electrons. The van der Waals surface area contributed by atoms with Gasteiger partial charge in [0.25, 0.3) is 0 Å². The normalized spacial score (nSPS) is 12.1. The van der Waals surface area contributed by atoms with E-state index in [9.17, 15) is 9.59 Å². The van der Waals surface area contributed by atoms with Crippen LogP contribution >= 0.6 is 0 Å². The Labute approximate surface area is 87.2 Å². The number of ether oxygens (including phenoxy) is 1. The summed E-state index contributed by atoms with van der Waals surface area (Å²) in [5.74, 6) is -2.01. The van der Waals surface area contributed by atoms with Gasteiger partial charge in [-0.05, 0) is 25.8 Å². The van der Waals surface area contributed by atoms with Crippen molar-refractivity contribution in [3.63, 3.8) is 0 Å². The number of esters is 1. The molecular weight excluding hydrogens is 204 g/mol. The second-order valence-corrected chi connectivity index (χ2v) is 2.97. The molecule has 1 atom stereocenters. The van der Waals surface area contributed by atoms with E-state index in [4.69, 9.17) is 16.0 Å². The minimum atomic E-state index is -1.23. The molecule has 0 saturated heterocycles. The molecule has 0 unspecified atom stereocenters. The van der Waals surface area contributed by atoms with Crippen LogP contribution in [0, 0.1) is 0 Å². The van der Waals surface area contributed by atoms with Crippen molar-refractivity contribution in [1.29, 1.82) is 0 Å². The van der Waals surface area contributed by atoms with Gasteiger partial charge in [-0.25, -0.2) is 4.79 Å². The molecule has 0 aromatic carbocycles. The molecule has 0 aromatic rings. The minimum absolute atomic E-state index is 0.353. The fraction of sp³-hybridized carbons (Fsp3) is 0.750. The molecule has 0 radical (unpaired) electrons. The first-order chi connectivity index (χ1) is 7.11. The van der Waals surface area contributed by atoms with Crippen molar-refractivity contribution in [3.8, 4) is 0 Å². The van der Waals surface area contributed by atoms with Gasteiger partial charge in [0.05, 0.1) is 0 Å². The summed E-state index contributed by atoms with van der Waals surface area (Å²) < 4.78 is 4.39. The summed E-state index contributed by atoms with van der Waals surface area (Å²) in [6, 6.07) is -0.893. The highest BCUT2D eigenvalue weighted by atomic mass is 16.6. The first-order valence-electron chi connectivity index (χ1n) is 4.60. The second-order valence-electron chi connectivity index (χ2n) is 2.97. The predicted molar refractivity (Wildman–Crippen MR) is 50.2 cm³/mol. The van der Waals surface area contributed by atoms with Gasteiger partial charge in [-0.15, -0.1) is 0 Å². The molecule has 0 rings (SSSR count). The Morgan fingerprint density at radius 1 is 1.40 bits per heavy atom. The number of nitrogens with one attached hydrogen (secondary N) is 1. The molecule has 0 heterocycles. The van der Waals surface area contributed by atoms with Gasteiger partial charge in [0.2, 0.25) is 0 Å². The summed E-state index contributed by atoms with van der Waals surface area (Å²) in [6.45, 7) is -0.198. The zero-order valence-corrected chi connectivity index (χ0v) is 8.31. The molecular formula is C8H16N2O5. The second kappa shape index (κ2) is 8.16. The molecule has 0 saturated carbocycles. The maximum absolute atomic E-state index is 11.1. The summed E-state index contributed by atoms with van der Waals surface area (Å²) in [5, 5.41) is 16.9. The van der Waals surface area contributed by atoms with E-state index in [1.54, 1.807) is 5.48 Å². The maximum atomic E-state index is 11.1. The van der Waals surface area contributed by atoms with E-state index in [0.29, 0.717) is 19.4 Å². The molecule has 0 aliphatic heterocycles. The van der Waals surface area contributed by atoms with Crippen LogP contribution in [0.5, 0.6) is 0 Å². The number of nitrogens with two attached hydrogens (primary N) is 1. The predicted octanol–water partition coefficient (Wildman–Crippen LogP) is -0.909. The summed E-state index contributed by atoms with van der Waals surface area (Å²) in [5.41, 5.74) is 7.03. The molecule has 0 aliphatic carbocycles. The Morgan fingerprint density at radius 2 is 2.07 bits per heavy atom. The van der Waals surface area contributed by atoms with Crippen molar-refractivity contribution in [1.82, 2.24) is 5.48 Å². The van der Waals surface area contributed by atoms with Crippen LogP contribution in [0.3, 0.4) is 0 Å². The van der Waals surface area contributed by atoms with Crippen LogP contribution in [0.15, 0.2) is 0 Å². The van der Waals surface area contributed by atoms with Gasteiger partial charge in [0, 0.05) is 0 Å². The molecule has 0 aliphatic rings. The fourth-order valence-electron chi connectivity index (χ4n) is 0.961. The van der Waals surface area contributed by atoms with E-state index in [-0.39, 0.29) is 0 Å². The molecule has 7 heteroatoms. The molecule has 0 spiro atoms. The molecule has 7 nitrogen and oxygen atoms in total. The topological polar surface area (TPSA) is 122 Å². The van der Waals surface area contributed by atoms with E-state index >= 15 is 0 Å². The van der Waals surface area contributed by atoms with E-state index in [2.05, 4.69) is 4.74 Å². The quantitative estimate of drug-likeness (QED) is 0.237. The van der Waals surface area contributed by atoms with Crippen molar-refractivity contribution in [2.75, 3.05) is 13.2 Å². The Hall–Kier alpha value is -1.18. The third kappa shape index (κ3) is 6.83. The van der Waals surface area contributed by atoms with Crippen molar-refractivity contribution in [2.24, 2.45) is 5.73 Å². The van der Waals surface area contributed by atoms with Gasteiger partial charge in [-0.1, -0.05) is 0 Å². The van der Waals surface area contributed by atoms with Gasteiger partial charge >= 0.3 is 11.9 Å². The van der Waals surface area contributed by atoms with Crippen molar-refractivity contribution >= 4 is 11.9 Å². The number of carboxylic acid groups (broad SMARTS) is 1. The third-order valence-electron chi connectivity index (χ3n) is 1.73. The summed E-state index contributed by atoms with van der Waals surface area (Å²) in [7, 11) is 0. The number of unbranched alkanes of at least 4 members (excludes halogenated alkanes) is 1. The van der Waals surface area contributed by atoms with Crippen LogP contribution < -0.4 is 11.2 Å². The Bertz CT molecular complexity index is 209. The van der Waals surface area contributed by atoms with Crippen molar-refractivity contribution < 1.29 is 24.6 Å². The van der Waals surface area contributed by atoms with Gasteiger partial charge < -0.3 is 20.8 Å². The zero-order valence-electron chi connectivity index (χ0n) is 8.31. The van der Waals surface area contributed by atoms with E-state index < -0.39 is 24.6 Å². The number of hydrogen-bond acceptors (Lipinski definition) is 6. The van der Waals surface area contributed by atoms with Crippen LogP contribution in [0.2, 0.25) is 0 Å². The van der Waals surface area contributed by atoms with E-state index in [0.717, 1.165) is 6.42 Å². The Kier molecular flexibility index (Phi) is 7.51. The van der Waals surface area contributed by atoms with Gasteiger partial charge in [-0.2, -0.15) is 5.48 Å². The lowest BCUT2D eigenvalue weighted by Crippen LogP contribution is -2.36. The average Bonchev–Trinajstić information content (AvgIpc) is 2.21. The van der Waals surface area contributed by atoms with Crippen molar-refractivity contribution in [3.05, 3.63) is 0 Å². The maximum Gasteiger partial charge on any atom is 0.341 e. The number of rotatable bonds is 8. The van der Waals surface area contributed by atoms with Gasteiger partial charge in [0.15, 0.2) is 6.61 Å². The molecule has 15 heavy (non-hydrogen) atoms. The highest BCUT2D eigenvalue weighted by Gasteiger charge is 2.19. The number of hydrogen-bond donors (Lipinski definition) is 4. The van der Waals surface area contributed by atoms with E-state index in [1.165, 1.54) is 0 Å². The third-order valence-corrected chi connectivity index (χ3v) is 1.73. The largest absolute Gasteiger partial charge is 0.479 e. The molecule has 0 fully saturated rings. The highest BCUT2D eigenvalue weighted by Crippen LogP contribution is 2.01. The summed E-state index contributed by atoms with van der Waals surface area (Å²) in [4.78, 5) is 21.2. The molecule has 5 N–H and O–H groups in total. The number of carboxylic acids is 1. The lowest BCUT2D eigenvalue weighted by molar-refractivity contribution is -0.158. The lowest BCUT2D eigenvalue weighted by Gasteiger charge is -2.12. The minimum Gasteiger partial charge on any atom is -0.479 e. The SMILES string of the molecule is NCCCC[C@H](NO)C(=O)OCC(=O)O. The lowest BCUT2D eigenvalue weighted by atomic mass is 10.1. The smallest absolute Gasteiger partial charge is 0.341 e. The van der Waals surface area contributed by atoms with Crippen LogP contribution in [0.4, 0.5) is 0 Å². The first-order valence-corrected chi connectivity index (χ1v) is 4.60. The highest BCUT2D eigenvalue weighted by molar-refractivity contribution is 5.78. The first kappa shape index (κ1) is 13.8.